The van der Waals surface area contributed by atoms with E-state index >= 15 is 0 Å². The van der Waals surface area contributed by atoms with Gasteiger partial charge in [-0.05, 0) is 49.5 Å². The number of benzene rings is 2. The van der Waals surface area contributed by atoms with Crippen molar-refractivity contribution in [2.24, 2.45) is 5.92 Å². The number of pyridine rings is 1. The molecule has 2 aromatic carbocycles. The van der Waals surface area contributed by atoms with Gasteiger partial charge in [0.1, 0.15) is 4.90 Å². The summed E-state index contributed by atoms with van der Waals surface area (Å²) >= 11 is 0. The minimum Gasteiger partial charge on any atom is -0.387 e. The van der Waals surface area contributed by atoms with Crippen molar-refractivity contribution in [2.45, 2.75) is 23.8 Å². The summed E-state index contributed by atoms with van der Waals surface area (Å²) in [6.45, 7) is 2.73. The van der Waals surface area contributed by atoms with Crippen LogP contribution in [0.3, 0.4) is 0 Å². The molecule has 0 amide bonds. The fraction of sp³-hybridized carbons (Fsp3) is 0.348. The number of aliphatic hydroxyl groups is 1. The third-order valence-corrected chi connectivity index (χ3v) is 7.23. The number of hydrogen-bond acceptors (Lipinski definition) is 5. The Morgan fingerprint density at radius 1 is 1.03 bits per heavy atom. The molecule has 1 unspecified atom stereocenters. The predicted molar refractivity (Wildman–Crippen MR) is 117 cm³/mol. The van der Waals surface area contributed by atoms with Gasteiger partial charge in [-0.25, -0.2) is 13.1 Å². The van der Waals surface area contributed by atoms with Crippen molar-refractivity contribution in [1.82, 2.24) is 14.6 Å². The van der Waals surface area contributed by atoms with Gasteiger partial charge in [0.2, 0.25) is 10.0 Å². The molecular weight excluding hydrogens is 398 g/mol. The molecule has 1 aromatic heterocycles. The quantitative estimate of drug-likeness (QED) is 0.608. The molecule has 1 fully saturated rings. The minimum atomic E-state index is -3.62. The van der Waals surface area contributed by atoms with E-state index in [-0.39, 0.29) is 10.8 Å². The Labute approximate surface area is 177 Å². The van der Waals surface area contributed by atoms with E-state index in [9.17, 15) is 13.5 Å². The lowest BCUT2D eigenvalue weighted by Crippen LogP contribution is -2.40. The first-order valence-corrected chi connectivity index (χ1v) is 11.8. The second kappa shape index (κ2) is 9.22. The number of likely N-dealkylation sites (tertiary alicyclic amines) is 1. The summed E-state index contributed by atoms with van der Waals surface area (Å²) < 4.78 is 28.5. The molecule has 2 heterocycles. The molecular formula is C23H27N3O3S. The summed E-state index contributed by atoms with van der Waals surface area (Å²) in [7, 11) is -3.62. The number of piperidine rings is 1. The fourth-order valence-electron chi connectivity index (χ4n) is 4.00. The van der Waals surface area contributed by atoms with Gasteiger partial charge in [-0.15, -0.1) is 0 Å². The molecule has 0 spiro atoms. The van der Waals surface area contributed by atoms with Crippen molar-refractivity contribution in [2.75, 3.05) is 26.2 Å². The Bertz CT molecular complexity index is 1080. The molecule has 1 atom stereocenters. The van der Waals surface area contributed by atoms with Crippen molar-refractivity contribution >= 4 is 20.9 Å². The maximum Gasteiger partial charge on any atom is 0.242 e. The van der Waals surface area contributed by atoms with Crippen LogP contribution >= 0.6 is 0 Å². The summed E-state index contributed by atoms with van der Waals surface area (Å²) in [6, 6.07) is 18.6. The van der Waals surface area contributed by atoms with Crippen LogP contribution in [0.4, 0.5) is 0 Å². The highest BCUT2D eigenvalue weighted by Crippen LogP contribution is 2.23. The van der Waals surface area contributed by atoms with Crippen LogP contribution in [-0.4, -0.2) is 49.6 Å². The molecule has 0 radical (unpaired) electrons. The van der Waals surface area contributed by atoms with Gasteiger partial charge >= 0.3 is 0 Å². The molecule has 30 heavy (non-hydrogen) atoms. The predicted octanol–water partition coefficient (Wildman–Crippen LogP) is 2.96. The van der Waals surface area contributed by atoms with Crippen LogP contribution in [0.1, 0.15) is 24.5 Å². The number of nitrogens with zero attached hydrogens (tertiary/aromatic N) is 2. The molecule has 6 nitrogen and oxygen atoms in total. The third-order valence-electron chi connectivity index (χ3n) is 5.77. The smallest absolute Gasteiger partial charge is 0.242 e. The molecule has 0 aliphatic carbocycles. The van der Waals surface area contributed by atoms with E-state index in [2.05, 4.69) is 14.6 Å². The zero-order valence-electron chi connectivity index (χ0n) is 16.8. The Hall–Kier alpha value is -2.32. The van der Waals surface area contributed by atoms with E-state index < -0.39 is 16.1 Å². The monoisotopic (exact) mass is 425 g/mol. The lowest BCUT2D eigenvalue weighted by molar-refractivity contribution is 0.0899. The summed E-state index contributed by atoms with van der Waals surface area (Å²) in [4.78, 5) is 6.73. The Balaban J connectivity index is 1.31. The summed E-state index contributed by atoms with van der Waals surface area (Å²) in [5.41, 5.74) is 1.42. The number of aliphatic hydroxyl groups excluding tert-OH is 1. The second-order valence-electron chi connectivity index (χ2n) is 7.85. The number of hydrogen-bond donors (Lipinski definition) is 2. The number of fused-ring (bicyclic) bond motifs is 1. The van der Waals surface area contributed by atoms with E-state index in [4.69, 9.17) is 0 Å². The van der Waals surface area contributed by atoms with E-state index in [1.165, 1.54) is 0 Å². The van der Waals surface area contributed by atoms with Gasteiger partial charge in [-0.3, -0.25) is 4.98 Å². The molecule has 1 aliphatic rings. The Morgan fingerprint density at radius 3 is 2.53 bits per heavy atom. The lowest BCUT2D eigenvalue weighted by atomic mass is 9.96. The molecule has 0 bridgehead atoms. The number of nitrogens with one attached hydrogen (secondary N) is 1. The van der Waals surface area contributed by atoms with Gasteiger partial charge in [-0.2, -0.15) is 0 Å². The SMILES string of the molecule is O=S(=O)(NCC1CCN(CC(O)c2ccccc2)CC1)c1cccc2cccnc12. The summed E-state index contributed by atoms with van der Waals surface area (Å²) in [5, 5.41) is 11.2. The van der Waals surface area contributed by atoms with E-state index in [1.54, 1.807) is 24.4 Å². The molecule has 3 aromatic rings. The number of sulfonamides is 1. The van der Waals surface area contributed by atoms with Crippen LogP contribution in [0.5, 0.6) is 0 Å². The molecule has 1 aliphatic heterocycles. The topological polar surface area (TPSA) is 82.5 Å². The first-order chi connectivity index (χ1) is 14.5. The van der Waals surface area contributed by atoms with Crippen molar-refractivity contribution in [1.29, 1.82) is 0 Å². The summed E-state index contributed by atoms with van der Waals surface area (Å²) in [5.74, 6) is 0.285. The van der Waals surface area contributed by atoms with Gasteiger partial charge in [0.15, 0.2) is 0 Å². The summed E-state index contributed by atoms with van der Waals surface area (Å²) in [6.07, 6.45) is 2.91. The number of para-hydroxylation sites is 1. The van der Waals surface area contributed by atoms with Crippen LogP contribution in [0.15, 0.2) is 71.8 Å². The van der Waals surface area contributed by atoms with E-state index in [0.717, 1.165) is 36.9 Å². The molecule has 0 saturated carbocycles. The van der Waals surface area contributed by atoms with E-state index in [0.29, 0.717) is 18.6 Å². The molecule has 1 saturated heterocycles. The third kappa shape index (κ3) is 4.87. The molecule has 2 N–H and O–H groups in total. The van der Waals surface area contributed by atoms with Crippen molar-refractivity contribution in [3.8, 4) is 0 Å². The van der Waals surface area contributed by atoms with Gasteiger partial charge < -0.3 is 10.0 Å². The lowest BCUT2D eigenvalue weighted by Gasteiger charge is -2.33. The first kappa shape index (κ1) is 20.9. The normalized spacial score (nSPS) is 17.2. The maximum absolute atomic E-state index is 12.9. The zero-order chi connectivity index (χ0) is 21.0. The standard InChI is InChI=1S/C23H27N3O3S/c27-21(19-6-2-1-3-7-19)17-26-14-11-18(12-15-26)16-25-30(28,29)22-10-4-8-20-9-5-13-24-23(20)22/h1-10,13,18,21,25,27H,11-12,14-17H2. The molecule has 158 valence electrons. The van der Waals surface area contributed by atoms with Crippen molar-refractivity contribution in [3.05, 3.63) is 72.4 Å². The van der Waals surface area contributed by atoms with Gasteiger partial charge in [-0.1, -0.05) is 48.5 Å². The average molecular weight is 426 g/mol. The van der Waals surface area contributed by atoms with Crippen LogP contribution in [0, 0.1) is 5.92 Å². The van der Waals surface area contributed by atoms with Crippen molar-refractivity contribution in [3.63, 3.8) is 0 Å². The first-order valence-electron chi connectivity index (χ1n) is 10.3. The maximum atomic E-state index is 12.9. The number of aromatic nitrogens is 1. The molecule has 4 rings (SSSR count). The van der Waals surface area contributed by atoms with Crippen LogP contribution in [-0.2, 0) is 10.0 Å². The van der Waals surface area contributed by atoms with Crippen LogP contribution in [0.25, 0.3) is 10.9 Å². The zero-order valence-corrected chi connectivity index (χ0v) is 17.6. The van der Waals surface area contributed by atoms with Gasteiger partial charge in [0.05, 0.1) is 11.6 Å². The van der Waals surface area contributed by atoms with Crippen LogP contribution in [0.2, 0.25) is 0 Å². The largest absolute Gasteiger partial charge is 0.387 e. The highest BCUT2D eigenvalue weighted by atomic mass is 32.2. The van der Waals surface area contributed by atoms with E-state index in [1.807, 2.05) is 42.5 Å². The molecule has 7 heteroatoms. The number of rotatable bonds is 7. The fourth-order valence-corrected chi connectivity index (χ4v) is 5.29. The number of β-amino-alcohol motifs (C(OH)–C–C–N with tert-alkyl or cyclic N) is 1. The minimum absolute atomic E-state index is 0.226. The van der Waals surface area contributed by atoms with Gasteiger partial charge in [0, 0.05) is 24.7 Å². The highest BCUT2D eigenvalue weighted by molar-refractivity contribution is 7.89. The second-order valence-corrected chi connectivity index (χ2v) is 9.59. The Morgan fingerprint density at radius 2 is 1.77 bits per heavy atom. The highest BCUT2D eigenvalue weighted by Gasteiger charge is 2.24. The average Bonchev–Trinajstić information content (AvgIpc) is 2.79. The Kier molecular flexibility index (Phi) is 6.43. The van der Waals surface area contributed by atoms with Crippen LogP contribution < -0.4 is 4.72 Å². The van der Waals surface area contributed by atoms with Gasteiger partial charge in [0.25, 0.3) is 0 Å². The van der Waals surface area contributed by atoms with Crippen molar-refractivity contribution < 1.29 is 13.5 Å².